The molecule has 0 nitrogen and oxygen atoms in total. The van der Waals surface area contributed by atoms with Crippen molar-refractivity contribution >= 4 is 65.1 Å². The van der Waals surface area contributed by atoms with Gasteiger partial charge in [0.2, 0.25) is 0 Å². The molecule has 0 aliphatic carbocycles. The van der Waals surface area contributed by atoms with Gasteiger partial charge in [0.15, 0.2) is 0 Å². The minimum absolute atomic E-state index is 1.30. The highest BCUT2D eigenvalue weighted by atomic mass is 32.1. The Morgan fingerprint density at radius 3 is 2.11 bits per heavy atom. The van der Waals surface area contributed by atoms with Gasteiger partial charge in [-0.25, -0.2) is 0 Å². The first-order chi connectivity index (χ1) is 13.3. The lowest BCUT2D eigenvalue weighted by Gasteiger charge is -2.07. The Balaban J connectivity index is 1.68. The number of fused-ring (bicyclic) bond motifs is 6. The molecule has 128 valence electrons. The maximum atomic E-state index is 2.38. The molecule has 0 N–H and O–H groups in total. The number of hydrogen-bond acceptors (Lipinski definition) is 2. The van der Waals surface area contributed by atoms with Gasteiger partial charge in [0.25, 0.3) is 0 Å². The van der Waals surface area contributed by atoms with E-state index in [-0.39, 0.29) is 0 Å². The second-order valence-corrected chi connectivity index (χ2v) is 9.45. The van der Waals surface area contributed by atoms with Crippen molar-refractivity contribution in [3.8, 4) is 9.75 Å². The van der Waals surface area contributed by atoms with Crippen molar-refractivity contribution in [2.24, 2.45) is 0 Å². The largest absolute Gasteiger partial charge is 0.140 e. The molecule has 0 atom stereocenters. The minimum atomic E-state index is 1.30. The molecule has 0 aliphatic rings. The first kappa shape index (κ1) is 15.4. The molecular weight excluding hydrogens is 364 g/mol. The molecule has 27 heavy (non-hydrogen) atoms. The number of thiophene rings is 2. The number of hydrogen-bond donors (Lipinski definition) is 0. The maximum Gasteiger partial charge on any atom is 0.0455 e. The first-order valence-electron chi connectivity index (χ1n) is 9.11. The Labute approximate surface area is 165 Å². The Hall–Kier alpha value is -2.68. The van der Waals surface area contributed by atoms with Gasteiger partial charge in [0, 0.05) is 24.7 Å². The van der Waals surface area contributed by atoms with Gasteiger partial charge < -0.3 is 0 Å². The lowest BCUT2D eigenvalue weighted by atomic mass is 9.97. The molecule has 0 spiro atoms. The van der Waals surface area contributed by atoms with Gasteiger partial charge in [-0.3, -0.25) is 0 Å². The van der Waals surface area contributed by atoms with Gasteiger partial charge in [0.1, 0.15) is 0 Å². The van der Waals surface area contributed by atoms with E-state index in [1.54, 1.807) is 0 Å². The third kappa shape index (κ3) is 2.34. The van der Waals surface area contributed by atoms with Crippen LogP contribution in [-0.2, 0) is 0 Å². The summed E-state index contributed by atoms with van der Waals surface area (Å²) in [5.74, 6) is 0. The fourth-order valence-corrected chi connectivity index (χ4v) is 6.06. The number of rotatable bonds is 1. The fourth-order valence-electron chi connectivity index (χ4n) is 4.04. The molecule has 0 saturated carbocycles. The lowest BCUT2D eigenvalue weighted by Crippen LogP contribution is -1.80. The molecule has 0 unspecified atom stereocenters. The van der Waals surface area contributed by atoms with E-state index in [4.69, 9.17) is 0 Å². The molecule has 2 aromatic heterocycles. The van der Waals surface area contributed by atoms with E-state index in [0.29, 0.717) is 0 Å². The highest BCUT2D eigenvalue weighted by Crippen LogP contribution is 2.41. The molecule has 0 fully saturated rings. The smallest absolute Gasteiger partial charge is 0.0455 e. The normalized spacial score (nSPS) is 11.9. The van der Waals surface area contributed by atoms with Gasteiger partial charge in [-0.05, 0) is 75.6 Å². The molecule has 0 radical (unpaired) electrons. The van der Waals surface area contributed by atoms with Crippen molar-refractivity contribution in [3.63, 3.8) is 0 Å². The molecule has 6 aromatic rings. The summed E-state index contributed by atoms with van der Waals surface area (Å²) in [5, 5.41) is 9.32. The van der Waals surface area contributed by atoms with E-state index in [0.717, 1.165) is 0 Å². The van der Waals surface area contributed by atoms with Crippen LogP contribution in [0.25, 0.3) is 52.2 Å². The van der Waals surface area contributed by atoms with E-state index in [1.165, 1.54) is 57.0 Å². The summed E-state index contributed by atoms with van der Waals surface area (Å²) in [6.45, 7) is 2.17. The minimum Gasteiger partial charge on any atom is -0.140 e. The third-order valence-electron chi connectivity index (χ3n) is 5.36. The maximum absolute atomic E-state index is 2.38. The van der Waals surface area contributed by atoms with E-state index in [1.807, 2.05) is 22.7 Å². The molecule has 2 heteroatoms. The van der Waals surface area contributed by atoms with E-state index in [2.05, 4.69) is 85.8 Å². The third-order valence-corrected chi connectivity index (χ3v) is 7.66. The van der Waals surface area contributed by atoms with Crippen molar-refractivity contribution < 1.29 is 0 Å². The van der Waals surface area contributed by atoms with Gasteiger partial charge in [-0.1, -0.05) is 42.5 Å². The topological polar surface area (TPSA) is 0 Å². The van der Waals surface area contributed by atoms with Gasteiger partial charge >= 0.3 is 0 Å². The predicted molar refractivity (Wildman–Crippen MR) is 122 cm³/mol. The first-order valence-corrected chi connectivity index (χ1v) is 10.7. The molecule has 0 aliphatic heterocycles. The quantitative estimate of drug-likeness (QED) is 0.198. The molecular formula is C25H16S2. The zero-order chi connectivity index (χ0) is 18.0. The Morgan fingerprint density at radius 2 is 1.30 bits per heavy atom. The lowest BCUT2D eigenvalue weighted by molar-refractivity contribution is 1.64. The Bertz CT molecular complexity index is 1480. The molecule has 6 rings (SSSR count). The van der Waals surface area contributed by atoms with E-state index >= 15 is 0 Å². The molecule has 0 bridgehead atoms. The second-order valence-electron chi connectivity index (χ2n) is 7.08. The van der Waals surface area contributed by atoms with Crippen LogP contribution in [-0.4, -0.2) is 0 Å². The summed E-state index contributed by atoms with van der Waals surface area (Å²) in [4.78, 5) is 4.10. The summed E-state index contributed by atoms with van der Waals surface area (Å²) in [5.41, 5.74) is 0. The highest BCUT2D eigenvalue weighted by molar-refractivity contribution is 7.26. The monoisotopic (exact) mass is 380 g/mol. The van der Waals surface area contributed by atoms with Crippen LogP contribution in [0.4, 0.5) is 0 Å². The van der Waals surface area contributed by atoms with Crippen LogP contribution in [0.15, 0.2) is 78.9 Å². The van der Waals surface area contributed by atoms with Crippen molar-refractivity contribution in [2.45, 2.75) is 6.92 Å². The van der Waals surface area contributed by atoms with Crippen LogP contribution < -0.4 is 0 Å². The number of aryl methyl sites for hydroxylation is 1. The van der Waals surface area contributed by atoms with Crippen LogP contribution in [0.2, 0.25) is 0 Å². The van der Waals surface area contributed by atoms with Crippen LogP contribution >= 0.6 is 22.7 Å². The van der Waals surface area contributed by atoms with Crippen molar-refractivity contribution in [2.75, 3.05) is 0 Å². The van der Waals surface area contributed by atoms with Crippen molar-refractivity contribution in [3.05, 3.63) is 83.7 Å². The van der Waals surface area contributed by atoms with Crippen LogP contribution in [0.3, 0.4) is 0 Å². The second kappa shape index (κ2) is 5.66. The standard InChI is InChI=1S/C25H16S2/c1-15-6-10-24(26-15)25-14-22-20-8-7-18-12-16-4-2-3-5-17(16)13-21(18)19(20)9-11-23(22)27-25/h2-14H,1H3. The molecule has 2 heterocycles. The molecule has 0 saturated heterocycles. The zero-order valence-electron chi connectivity index (χ0n) is 14.8. The average Bonchev–Trinajstić information content (AvgIpc) is 3.32. The zero-order valence-corrected chi connectivity index (χ0v) is 16.5. The summed E-state index contributed by atoms with van der Waals surface area (Å²) >= 11 is 3.77. The van der Waals surface area contributed by atoms with Crippen LogP contribution in [0.1, 0.15) is 4.88 Å². The van der Waals surface area contributed by atoms with Crippen molar-refractivity contribution in [1.82, 2.24) is 0 Å². The van der Waals surface area contributed by atoms with Crippen LogP contribution in [0.5, 0.6) is 0 Å². The molecule has 4 aromatic carbocycles. The Morgan fingerprint density at radius 1 is 0.519 bits per heavy atom. The SMILES string of the molecule is Cc1ccc(-c2cc3c(ccc4c5cc6ccccc6cc5ccc34)s2)s1. The van der Waals surface area contributed by atoms with Gasteiger partial charge in [-0.15, -0.1) is 22.7 Å². The summed E-state index contributed by atoms with van der Waals surface area (Å²) in [6.07, 6.45) is 0. The predicted octanol–water partition coefficient (Wildman–Crippen LogP) is 8.40. The van der Waals surface area contributed by atoms with Crippen molar-refractivity contribution in [1.29, 1.82) is 0 Å². The van der Waals surface area contributed by atoms with E-state index < -0.39 is 0 Å². The summed E-state index contributed by atoms with van der Waals surface area (Å²) < 4.78 is 1.36. The average molecular weight is 381 g/mol. The van der Waals surface area contributed by atoms with Gasteiger partial charge in [0.05, 0.1) is 0 Å². The van der Waals surface area contributed by atoms with Crippen LogP contribution in [0, 0.1) is 6.92 Å². The summed E-state index contributed by atoms with van der Waals surface area (Å²) in [6, 6.07) is 29.3. The highest BCUT2D eigenvalue weighted by Gasteiger charge is 2.11. The summed E-state index contributed by atoms with van der Waals surface area (Å²) in [7, 11) is 0. The van der Waals surface area contributed by atoms with Gasteiger partial charge in [-0.2, -0.15) is 0 Å². The van der Waals surface area contributed by atoms with E-state index in [9.17, 15) is 0 Å². The Kier molecular flexibility index (Phi) is 3.22. The fraction of sp³-hybridized carbons (Fsp3) is 0.0400. The molecule has 0 amide bonds. The number of benzene rings is 4.